The molecule has 0 spiro atoms. The highest BCUT2D eigenvalue weighted by molar-refractivity contribution is 5.89. The molecule has 0 aliphatic carbocycles. The Hall–Kier alpha value is -1.79. The number of rotatable bonds is 5. The number of hydrogen-bond donors (Lipinski definition) is 1. The first-order valence-electron chi connectivity index (χ1n) is 6.50. The van der Waals surface area contributed by atoms with E-state index in [1.54, 1.807) is 31.2 Å². The Labute approximate surface area is 116 Å². The third-order valence-electron chi connectivity index (χ3n) is 3.39. The van der Waals surface area contributed by atoms with Crippen LogP contribution in [-0.2, 0) is 9.47 Å². The van der Waals surface area contributed by atoms with Crippen molar-refractivity contribution in [2.45, 2.75) is 37.7 Å². The fourth-order valence-electron chi connectivity index (χ4n) is 2.23. The highest BCUT2D eigenvalue weighted by Gasteiger charge is 2.39. The van der Waals surface area contributed by atoms with Crippen LogP contribution in [0.4, 0.5) is 0 Å². The molecule has 0 saturated carbocycles. The van der Waals surface area contributed by atoms with E-state index in [4.69, 9.17) is 14.6 Å². The molecule has 4 atom stereocenters. The van der Waals surface area contributed by atoms with Crippen LogP contribution >= 0.6 is 0 Å². The SMILES string of the molecule is CC(OC(=O)c1ccccc1)[C@@H]1C[C@H](N=O)[C@H](CO)O1. The smallest absolute Gasteiger partial charge is 0.338 e. The van der Waals surface area contributed by atoms with Crippen molar-refractivity contribution in [3.8, 4) is 0 Å². The summed E-state index contributed by atoms with van der Waals surface area (Å²) in [6, 6.07) is 8.05. The Morgan fingerprint density at radius 3 is 2.75 bits per heavy atom. The lowest BCUT2D eigenvalue weighted by molar-refractivity contribution is -0.0551. The van der Waals surface area contributed by atoms with E-state index in [-0.39, 0.29) is 6.61 Å². The summed E-state index contributed by atoms with van der Waals surface area (Å²) in [7, 11) is 0. The minimum absolute atomic E-state index is 0.272. The molecule has 108 valence electrons. The Bertz CT molecular complexity index is 464. The summed E-state index contributed by atoms with van der Waals surface area (Å²) in [5.74, 6) is -0.440. The third kappa shape index (κ3) is 3.20. The molecule has 6 nitrogen and oxygen atoms in total. The van der Waals surface area contributed by atoms with Crippen molar-refractivity contribution in [1.82, 2.24) is 0 Å². The molecule has 1 N–H and O–H groups in total. The van der Waals surface area contributed by atoms with Gasteiger partial charge in [-0.3, -0.25) is 0 Å². The van der Waals surface area contributed by atoms with E-state index >= 15 is 0 Å². The Balaban J connectivity index is 1.94. The summed E-state index contributed by atoms with van der Waals surface area (Å²) in [6.45, 7) is 1.43. The number of carbonyl (C=O) groups is 1. The molecule has 0 amide bonds. The molecule has 1 fully saturated rings. The van der Waals surface area contributed by atoms with Crippen molar-refractivity contribution in [2.75, 3.05) is 6.61 Å². The summed E-state index contributed by atoms with van der Waals surface area (Å²) >= 11 is 0. The molecule has 0 radical (unpaired) electrons. The van der Waals surface area contributed by atoms with Crippen molar-refractivity contribution < 1.29 is 19.4 Å². The summed E-state index contributed by atoms with van der Waals surface area (Å²) < 4.78 is 10.8. The standard InChI is InChI=1S/C14H17NO5/c1-9(12-7-11(15-18)13(8-16)20-12)19-14(17)10-5-3-2-4-6-10/h2-6,9,11-13,16H,7-8H2,1H3/t9?,11-,12-,13-/m0/s1. The van der Waals surface area contributed by atoms with Crippen LogP contribution in [0.3, 0.4) is 0 Å². The molecular formula is C14H17NO5. The molecule has 2 rings (SSSR count). The minimum Gasteiger partial charge on any atom is -0.456 e. The van der Waals surface area contributed by atoms with Crippen molar-refractivity contribution >= 4 is 5.97 Å². The van der Waals surface area contributed by atoms with E-state index in [1.807, 2.05) is 6.07 Å². The van der Waals surface area contributed by atoms with Crippen LogP contribution in [-0.4, -0.2) is 42.0 Å². The second kappa shape index (κ2) is 6.58. The largest absolute Gasteiger partial charge is 0.456 e. The van der Waals surface area contributed by atoms with Crippen LogP contribution in [0.1, 0.15) is 23.7 Å². The van der Waals surface area contributed by atoms with E-state index in [0.717, 1.165) is 0 Å². The van der Waals surface area contributed by atoms with Gasteiger partial charge in [-0.25, -0.2) is 4.79 Å². The van der Waals surface area contributed by atoms with Crippen molar-refractivity contribution in [3.05, 3.63) is 40.8 Å². The second-order valence-corrected chi connectivity index (χ2v) is 4.78. The van der Waals surface area contributed by atoms with Gasteiger partial charge >= 0.3 is 5.97 Å². The first-order valence-corrected chi connectivity index (χ1v) is 6.50. The zero-order valence-electron chi connectivity index (χ0n) is 11.1. The molecule has 1 aromatic carbocycles. The van der Waals surface area contributed by atoms with E-state index in [9.17, 15) is 9.70 Å². The van der Waals surface area contributed by atoms with Crippen molar-refractivity contribution in [2.24, 2.45) is 5.18 Å². The molecule has 0 aromatic heterocycles. The van der Waals surface area contributed by atoms with Gasteiger partial charge in [0.25, 0.3) is 0 Å². The van der Waals surface area contributed by atoms with Crippen LogP contribution in [0.5, 0.6) is 0 Å². The predicted molar refractivity (Wildman–Crippen MR) is 71.3 cm³/mol. The number of aliphatic hydroxyl groups is 1. The molecule has 0 bridgehead atoms. The normalized spacial score (nSPS) is 27.0. The predicted octanol–water partition coefficient (Wildman–Crippen LogP) is 1.52. The number of nitrogens with zero attached hydrogens (tertiary/aromatic N) is 1. The molecular weight excluding hydrogens is 262 g/mol. The Kier molecular flexibility index (Phi) is 4.81. The van der Waals surface area contributed by atoms with Gasteiger partial charge in [-0.15, -0.1) is 0 Å². The average Bonchev–Trinajstić information content (AvgIpc) is 2.91. The zero-order valence-corrected chi connectivity index (χ0v) is 11.1. The zero-order chi connectivity index (χ0) is 14.5. The molecule has 1 aromatic rings. The van der Waals surface area contributed by atoms with Gasteiger partial charge in [-0.1, -0.05) is 23.4 Å². The minimum atomic E-state index is -0.615. The van der Waals surface area contributed by atoms with E-state index < -0.39 is 30.3 Å². The second-order valence-electron chi connectivity index (χ2n) is 4.78. The maximum Gasteiger partial charge on any atom is 0.338 e. The van der Waals surface area contributed by atoms with Crippen LogP contribution in [0.15, 0.2) is 35.5 Å². The Morgan fingerprint density at radius 1 is 1.50 bits per heavy atom. The van der Waals surface area contributed by atoms with Crippen molar-refractivity contribution in [3.63, 3.8) is 0 Å². The molecule has 1 unspecified atom stereocenters. The number of ether oxygens (including phenoxy) is 2. The topological polar surface area (TPSA) is 85.2 Å². The summed E-state index contributed by atoms with van der Waals surface area (Å²) in [5, 5.41) is 12.0. The van der Waals surface area contributed by atoms with E-state index in [1.165, 1.54) is 0 Å². The lowest BCUT2D eigenvalue weighted by Gasteiger charge is -2.19. The van der Waals surface area contributed by atoms with Crippen LogP contribution in [0.25, 0.3) is 0 Å². The van der Waals surface area contributed by atoms with Gasteiger partial charge in [0.1, 0.15) is 18.2 Å². The van der Waals surface area contributed by atoms with Crippen molar-refractivity contribution in [1.29, 1.82) is 0 Å². The van der Waals surface area contributed by atoms with E-state index in [2.05, 4.69) is 5.18 Å². The van der Waals surface area contributed by atoms with Gasteiger partial charge in [-0.2, -0.15) is 4.91 Å². The maximum absolute atomic E-state index is 11.9. The number of nitroso groups, excluding NO2 is 1. The number of benzene rings is 1. The number of hydrogen-bond acceptors (Lipinski definition) is 6. The first-order chi connectivity index (χ1) is 9.65. The summed E-state index contributed by atoms with van der Waals surface area (Å²) in [6.07, 6.45) is -1.21. The number of carbonyl (C=O) groups excluding carboxylic acids is 1. The molecule has 20 heavy (non-hydrogen) atoms. The molecule has 1 saturated heterocycles. The fraction of sp³-hybridized carbons (Fsp3) is 0.500. The van der Waals surface area contributed by atoms with E-state index in [0.29, 0.717) is 12.0 Å². The van der Waals surface area contributed by atoms with Gasteiger partial charge in [0, 0.05) is 6.42 Å². The lowest BCUT2D eigenvalue weighted by Crippen LogP contribution is -2.29. The third-order valence-corrected chi connectivity index (χ3v) is 3.39. The molecule has 6 heteroatoms. The summed E-state index contributed by atoms with van der Waals surface area (Å²) in [4.78, 5) is 22.5. The van der Waals surface area contributed by atoms with Gasteiger partial charge in [0.15, 0.2) is 0 Å². The average molecular weight is 279 g/mol. The highest BCUT2D eigenvalue weighted by atomic mass is 16.6. The molecule has 1 aliphatic rings. The highest BCUT2D eigenvalue weighted by Crippen LogP contribution is 2.26. The maximum atomic E-state index is 11.9. The van der Waals surface area contributed by atoms with Gasteiger partial charge in [0.05, 0.1) is 18.3 Å². The Morgan fingerprint density at radius 2 is 2.20 bits per heavy atom. The molecule has 1 aliphatic heterocycles. The number of esters is 1. The first kappa shape index (κ1) is 14.6. The van der Waals surface area contributed by atoms with Gasteiger partial charge < -0.3 is 14.6 Å². The van der Waals surface area contributed by atoms with Crippen LogP contribution in [0.2, 0.25) is 0 Å². The molecule has 1 heterocycles. The monoisotopic (exact) mass is 279 g/mol. The quantitative estimate of drug-likeness (QED) is 0.652. The summed E-state index contributed by atoms with van der Waals surface area (Å²) in [5.41, 5.74) is 0.459. The lowest BCUT2D eigenvalue weighted by atomic mass is 10.1. The van der Waals surface area contributed by atoms with Gasteiger partial charge in [-0.05, 0) is 19.1 Å². The van der Waals surface area contributed by atoms with Crippen LogP contribution < -0.4 is 0 Å². The van der Waals surface area contributed by atoms with Gasteiger partial charge in [0.2, 0.25) is 0 Å². The van der Waals surface area contributed by atoms with Crippen LogP contribution in [0, 0.1) is 4.91 Å². The fourth-order valence-corrected chi connectivity index (χ4v) is 2.23. The number of aliphatic hydroxyl groups excluding tert-OH is 1.